The van der Waals surface area contributed by atoms with Crippen molar-refractivity contribution in [2.75, 3.05) is 13.2 Å². The summed E-state index contributed by atoms with van der Waals surface area (Å²) in [6.45, 7) is 0.882. The average molecular weight is 280 g/mol. The molecule has 0 aliphatic rings. The van der Waals surface area contributed by atoms with Gasteiger partial charge in [-0.2, -0.15) is 0 Å². The van der Waals surface area contributed by atoms with Crippen molar-refractivity contribution in [1.82, 2.24) is 5.16 Å². The first-order chi connectivity index (χ1) is 10.4. The van der Waals surface area contributed by atoms with E-state index in [1.807, 2.05) is 30.3 Å². The third kappa shape index (κ3) is 3.12. The van der Waals surface area contributed by atoms with Gasteiger partial charge < -0.3 is 15.0 Å². The van der Waals surface area contributed by atoms with Crippen LogP contribution in [-0.4, -0.2) is 18.3 Å². The van der Waals surface area contributed by atoms with Gasteiger partial charge in [-0.05, 0) is 16.3 Å². The lowest BCUT2D eigenvalue weighted by atomic mass is 10.0. The van der Waals surface area contributed by atoms with E-state index in [9.17, 15) is 0 Å². The molecule has 3 rings (SSSR count). The molecule has 1 heterocycles. The van der Waals surface area contributed by atoms with Gasteiger partial charge in [0, 0.05) is 18.2 Å². The maximum absolute atomic E-state index is 5.38. The summed E-state index contributed by atoms with van der Waals surface area (Å²) in [5.74, 6) is 1.14. The Kier molecular flexibility index (Phi) is 3.98. The first-order valence-electron chi connectivity index (χ1n) is 6.82. The van der Waals surface area contributed by atoms with Crippen LogP contribution in [0.4, 0.5) is 0 Å². The standard InChI is InChI=1S/C17H16N2O2/c18-10-11-20-17-12-16(21-19-17)15-8-6-14(7-9-15)13-4-2-1-3-5-13/h1-9,12H,10-11,18H2. The van der Waals surface area contributed by atoms with E-state index < -0.39 is 0 Å². The van der Waals surface area contributed by atoms with Gasteiger partial charge in [0.2, 0.25) is 0 Å². The van der Waals surface area contributed by atoms with Gasteiger partial charge in [0.25, 0.3) is 5.88 Å². The highest BCUT2D eigenvalue weighted by atomic mass is 16.5. The number of benzene rings is 2. The van der Waals surface area contributed by atoms with E-state index in [-0.39, 0.29) is 0 Å². The number of hydrogen-bond donors (Lipinski definition) is 1. The molecule has 0 saturated heterocycles. The van der Waals surface area contributed by atoms with Gasteiger partial charge in [-0.25, -0.2) is 0 Å². The Hall–Kier alpha value is -2.59. The van der Waals surface area contributed by atoms with E-state index in [0.717, 1.165) is 5.56 Å². The predicted molar refractivity (Wildman–Crippen MR) is 81.9 cm³/mol. The van der Waals surface area contributed by atoms with E-state index in [4.69, 9.17) is 15.0 Å². The fourth-order valence-electron chi connectivity index (χ4n) is 2.08. The molecule has 4 nitrogen and oxygen atoms in total. The van der Waals surface area contributed by atoms with Crippen molar-refractivity contribution in [3.63, 3.8) is 0 Å². The van der Waals surface area contributed by atoms with Gasteiger partial charge in [0.1, 0.15) is 6.61 Å². The van der Waals surface area contributed by atoms with E-state index in [1.165, 1.54) is 11.1 Å². The lowest BCUT2D eigenvalue weighted by Crippen LogP contribution is -2.10. The minimum Gasteiger partial charge on any atom is -0.474 e. The molecule has 0 aliphatic carbocycles. The maximum atomic E-state index is 5.38. The van der Waals surface area contributed by atoms with Gasteiger partial charge in [0.05, 0.1) is 0 Å². The van der Waals surface area contributed by atoms with E-state index in [0.29, 0.717) is 24.8 Å². The van der Waals surface area contributed by atoms with Gasteiger partial charge in [-0.15, -0.1) is 0 Å². The minimum atomic E-state index is 0.429. The Balaban J connectivity index is 1.79. The molecule has 3 aromatic rings. The lowest BCUT2D eigenvalue weighted by molar-refractivity contribution is 0.288. The fourth-order valence-corrected chi connectivity index (χ4v) is 2.08. The topological polar surface area (TPSA) is 61.3 Å². The second-order valence-corrected chi connectivity index (χ2v) is 4.61. The van der Waals surface area contributed by atoms with Crippen LogP contribution in [0.25, 0.3) is 22.5 Å². The molecule has 1 aromatic heterocycles. The van der Waals surface area contributed by atoms with Crippen LogP contribution in [0.15, 0.2) is 65.2 Å². The second kappa shape index (κ2) is 6.24. The number of ether oxygens (including phenoxy) is 1. The third-order valence-electron chi connectivity index (χ3n) is 3.13. The molecule has 0 radical (unpaired) electrons. The monoisotopic (exact) mass is 280 g/mol. The van der Waals surface area contributed by atoms with Crippen molar-refractivity contribution >= 4 is 0 Å². The predicted octanol–water partition coefficient (Wildman–Crippen LogP) is 3.35. The van der Waals surface area contributed by atoms with Crippen LogP contribution in [0.2, 0.25) is 0 Å². The normalized spacial score (nSPS) is 10.5. The van der Waals surface area contributed by atoms with Gasteiger partial charge in [-0.3, -0.25) is 0 Å². The van der Waals surface area contributed by atoms with Gasteiger partial charge >= 0.3 is 0 Å². The summed E-state index contributed by atoms with van der Waals surface area (Å²) in [6.07, 6.45) is 0. The Morgan fingerprint density at radius 3 is 2.29 bits per heavy atom. The molecule has 0 spiro atoms. The number of hydrogen-bond acceptors (Lipinski definition) is 4. The second-order valence-electron chi connectivity index (χ2n) is 4.61. The highest BCUT2D eigenvalue weighted by Crippen LogP contribution is 2.26. The van der Waals surface area contributed by atoms with Crippen LogP contribution >= 0.6 is 0 Å². The fraction of sp³-hybridized carbons (Fsp3) is 0.118. The highest BCUT2D eigenvalue weighted by Gasteiger charge is 2.07. The molecule has 2 N–H and O–H groups in total. The van der Waals surface area contributed by atoms with E-state index >= 15 is 0 Å². The van der Waals surface area contributed by atoms with E-state index in [2.05, 4.69) is 29.4 Å². The van der Waals surface area contributed by atoms with Crippen molar-refractivity contribution in [2.24, 2.45) is 5.73 Å². The summed E-state index contributed by atoms with van der Waals surface area (Å²) in [4.78, 5) is 0. The Morgan fingerprint density at radius 2 is 1.57 bits per heavy atom. The molecule has 2 aromatic carbocycles. The Bertz CT molecular complexity index is 690. The van der Waals surface area contributed by atoms with Crippen molar-refractivity contribution in [2.45, 2.75) is 0 Å². The molecule has 21 heavy (non-hydrogen) atoms. The largest absolute Gasteiger partial charge is 0.474 e. The lowest BCUT2D eigenvalue weighted by Gasteiger charge is -2.02. The Morgan fingerprint density at radius 1 is 0.905 bits per heavy atom. The number of aromatic nitrogens is 1. The summed E-state index contributed by atoms with van der Waals surface area (Å²) in [5.41, 5.74) is 8.70. The highest BCUT2D eigenvalue weighted by molar-refractivity contribution is 5.68. The van der Waals surface area contributed by atoms with Crippen LogP contribution < -0.4 is 10.5 Å². The first-order valence-corrected chi connectivity index (χ1v) is 6.82. The van der Waals surface area contributed by atoms with Crippen LogP contribution in [0.5, 0.6) is 5.88 Å². The summed E-state index contributed by atoms with van der Waals surface area (Å²) in [7, 11) is 0. The molecule has 0 unspecified atom stereocenters. The third-order valence-corrected chi connectivity index (χ3v) is 3.13. The minimum absolute atomic E-state index is 0.429. The SMILES string of the molecule is NCCOc1cc(-c2ccc(-c3ccccc3)cc2)on1. The van der Waals surface area contributed by atoms with Crippen LogP contribution in [0, 0.1) is 0 Å². The zero-order chi connectivity index (χ0) is 14.5. The van der Waals surface area contributed by atoms with Crippen LogP contribution in [-0.2, 0) is 0 Å². The number of nitrogens with zero attached hydrogens (tertiary/aromatic N) is 1. The van der Waals surface area contributed by atoms with E-state index in [1.54, 1.807) is 6.07 Å². The summed E-state index contributed by atoms with van der Waals surface area (Å²) < 4.78 is 10.6. The molecule has 106 valence electrons. The molecule has 0 fully saturated rings. The van der Waals surface area contributed by atoms with Gasteiger partial charge in [-0.1, -0.05) is 54.6 Å². The molecule has 0 atom stereocenters. The Labute approximate surface area is 123 Å². The molecule has 0 bridgehead atoms. The van der Waals surface area contributed by atoms with Crippen molar-refractivity contribution in [1.29, 1.82) is 0 Å². The average Bonchev–Trinajstić information content (AvgIpc) is 3.03. The zero-order valence-electron chi connectivity index (χ0n) is 11.5. The van der Waals surface area contributed by atoms with Crippen molar-refractivity contribution in [3.8, 4) is 28.3 Å². The molecule has 4 heteroatoms. The van der Waals surface area contributed by atoms with Gasteiger partial charge in [0.15, 0.2) is 5.76 Å². The summed E-state index contributed by atoms with van der Waals surface area (Å²) in [6, 6.07) is 20.2. The number of rotatable bonds is 5. The quantitative estimate of drug-likeness (QED) is 0.778. The first kappa shape index (κ1) is 13.4. The van der Waals surface area contributed by atoms with Crippen molar-refractivity contribution in [3.05, 3.63) is 60.7 Å². The molecular formula is C17H16N2O2. The molecule has 0 saturated carbocycles. The summed E-state index contributed by atoms with van der Waals surface area (Å²) >= 11 is 0. The molecule has 0 aliphatic heterocycles. The molecule has 0 amide bonds. The van der Waals surface area contributed by atoms with Crippen molar-refractivity contribution < 1.29 is 9.26 Å². The van der Waals surface area contributed by atoms with Crippen LogP contribution in [0.1, 0.15) is 0 Å². The zero-order valence-corrected chi connectivity index (χ0v) is 11.5. The van der Waals surface area contributed by atoms with Crippen LogP contribution in [0.3, 0.4) is 0 Å². The maximum Gasteiger partial charge on any atom is 0.254 e. The molecular weight excluding hydrogens is 264 g/mol. The smallest absolute Gasteiger partial charge is 0.254 e. The summed E-state index contributed by atoms with van der Waals surface area (Å²) in [5, 5.41) is 3.86. The number of nitrogens with two attached hydrogens (primary N) is 1.